The van der Waals surface area contributed by atoms with Crippen LogP contribution in [0.25, 0.3) is 0 Å². The largest absolute Gasteiger partial charge is 1.00 e. The quantitative estimate of drug-likeness (QED) is 0.182. The molecule has 0 atom stereocenters. The molecular weight excluding hydrogens is 227 g/mol. The van der Waals surface area contributed by atoms with Gasteiger partial charge in [0.2, 0.25) is 0 Å². The summed E-state index contributed by atoms with van der Waals surface area (Å²) < 4.78 is 35.4. The van der Waals surface area contributed by atoms with Crippen LogP contribution in [0.15, 0.2) is 11.8 Å². The number of ether oxygens (including phenoxy) is 2. The number of esters is 1. The van der Waals surface area contributed by atoms with Crippen LogP contribution in [0.4, 0.5) is 8.78 Å². The maximum Gasteiger partial charge on any atom is 0.347 e. The number of hydrogen-bond donors (Lipinski definition) is 0. The summed E-state index contributed by atoms with van der Waals surface area (Å²) in [5.41, 5.74) is -0.733. The van der Waals surface area contributed by atoms with Gasteiger partial charge < -0.3 is 14.2 Å². The van der Waals surface area contributed by atoms with E-state index < -0.39 is 18.1 Å². The van der Waals surface area contributed by atoms with E-state index >= 15 is 0 Å². The van der Waals surface area contributed by atoms with Crippen LogP contribution in [-0.4, -0.2) is 51.0 Å². The van der Waals surface area contributed by atoms with Crippen molar-refractivity contribution in [2.24, 2.45) is 0 Å². The average molecular weight is 241 g/mol. The summed E-state index contributed by atoms with van der Waals surface area (Å²) in [6.07, 6.45) is -1.84. The lowest BCUT2D eigenvalue weighted by Crippen LogP contribution is -3.00. The van der Waals surface area contributed by atoms with Crippen LogP contribution >= 0.6 is 0 Å². The molecule has 4 nitrogen and oxygen atoms in total. The first-order valence-electron chi connectivity index (χ1n) is 4.09. The summed E-state index contributed by atoms with van der Waals surface area (Å²) >= 11 is 0. The minimum atomic E-state index is -2.78. The maximum absolute atomic E-state index is 12.6. The summed E-state index contributed by atoms with van der Waals surface area (Å²) in [7, 11) is 5.20. The van der Waals surface area contributed by atoms with E-state index in [-0.39, 0.29) is 10.3 Å². The molecule has 0 aromatic carbocycles. The van der Waals surface area contributed by atoms with Crippen molar-refractivity contribution in [3.05, 3.63) is 11.8 Å². The van der Waals surface area contributed by atoms with Gasteiger partial charge in [-0.2, -0.15) is 8.78 Å². The second kappa shape index (κ2) is 7.72. The minimum absolute atomic E-state index is 0. The maximum atomic E-state index is 12.6. The number of alkyl halides is 2. The van der Waals surface area contributed by atoms with Crippen molar-refractivity contribution in [1.29, 1.82) is 0 Å². The van der Waals surface area contributed by atoms with Gasteiger partial charge in [-0.3, -0.25) is 0 Å². The minimum Gasteiger partial charge on any atom is -1.00 e. The molecule has 0 unspecified atom stereocenters. The highest BCUT2D eigenvalue weighted by molar-refractivity contribution is 6.18. The van der Waals surface area contributed by atoms with Gasteiger partial charge in [0.15, 0.2) is 5.57 Å². The number of carbonyl (C=O) groups is 1. The van der Waals surface area contributed by atoms with E-state index in [2.05, 4.69) is 9.47 Å². The van der Waals surface area contributed by atoms with Gasteiger partial charge in [-0.05, 0) is 0 Å². The molecule has 0 amide bonds. The zero-order chi connectivity index (χ0) is 12.0. The van der Waals surface area contributed by atoms with Crippen molar-refractivity contribution in [3.8, 4) is 0 Å². The Morgan fingerprint density at radius 1 is 1.31 bits per heavy atom. The molecule has 0 radical (unpaired) electrons. The number of nitrogens with zero attached hydrogens (tertiary/aromatic N) is 1. The van der Waals surface area contributed by atoms with Gasteiger partial charge in [-0.1, -0.05) is 0 Å². The van der Waals surface area contributed by atoms with Crippen molar-refractivity contribution in [2.75, 3.05) is 28.3 Å². The SMILES string of the molecule is CO/C=C(\C(=O)OC)C(C(F)F)=[N+](C)C.[F-]. The van der Waals surface area contributed by atoms with Gasteiger partial charge in [-0.25, -0.2) is 9.37 Å². The molecule has 0 aliphatic heterocycles. The van der Waals surface area contributed by atoms with Crippen molar-refractivity contribution in [1.82, 2.24) is 0 Å². The Labute approximate surface area is 91.5 Å². The van der Waals surface area contributed by atoms with Gasteiger partial charge in [0.05, 0.1) is 14.2 Å². The van der Waals surface area contributed by atoms with E-state index in [0.717, 1.165) is 17.9 Å². The number of hydrogen-bond acceptors (Lipinski definition) is 3. The van der Waals surface area contributed by atoms with Gasteiger partial charge in [0.1, 0.15) is 20.4 Å². The first-order valence-corrected chi connectivity index (χ1v) is 4.09. The second-order valence-electron chi connectivity index (χ2n) is 2.84. The average Bonchev–Trinajstić information content (AvgIpc) is 2.14. The van der Waals surface area contributed by atoms with Crippen molar-refractivity contribution in [2.45, 2.75) is 6.43 Å². The highest BCUT2D eigenvalue weighted by Gasteiger charge is 2.32. The van der Waals surface area contributed by atoms with E-state index in [1.165, 1.54) is 21.2 Å². The molecule has 0 N–H and O–H groups in total. The lowest BCUT2D eigenvalue weighted by atomic mass is 10.2. The predicted molar refractivity (Wildman–Crippen MR) is 50.2 cm³/mol. The van der Waals surface area contributed by atoms with E-state index in [1.807, 2.05) is 0 Å². The van der Waals surface area contributed by atoms with E-state index in [1.54, 1.807) is 0 Å². The van der Waals surface area contributed by atoms with E-state index in [9.17, 15) is 13.6 Å². The topological polar surface area (TPSA) is 38.5 Å². The second-order valence-corrected chi connectivity index (χ2v) is 2.84. The van der Waals surface area contributed by atoms with Crippen molar-refractivity contribution < 1.29 is 32.3 Å². The number of methoxy groups -OCH3 is 2. The summed E-state index contributed by atoms with van der Waals surface area (Å²) in [6, 6.07) is 0. The Bertz CT molecular complexity index is 296. The van der Waals surface area contributed by atoms with Gasteiger partial charge in [-0.15, -0.1) is 0 Å². The summed E-state index contributed by atoms with van der Waals surface area (Å²) in [4.78, 5) is 11.2. The summed E-state index contributed by atoms with van der Waals surface area (Å²) in [5, 5.41) is 0. The van der Waals surface area contributed by atoms with Crippen molar-refractivity contribution in [3.63, 3.8) is 0 Å². The Morgan fingerprint density at radius 2 is 1.81 bits per heavy atom. The Kier molecular flexibility index (Phi) is 8.15. The third-order valence-electron chi connectivity index (χ3n) is 1.61. The number of carbonyl (C=O) groups excluding carboxylic acids is 1. The molecular formula is C9H14F3NO3. The normalized spacial score (nSPS) is 10.6. The van der Waals surface area contributed by atoms with Crippen LogP contribution in [0.1, 0.15) is 0 Å². The number of halogens is 3. The first kappa shape index (κ1) is 16.9. The Balaban J connectivity index is 0. The standard InChI is InChI=1S/C9H14F2NO3.FH/c1-12(2)7(8(10)11)6(5-14-3)9(13)15-4;/h5,8H,1-4H3;1H/q+1;/p-1/b6-5-;. The smallest absolute Gasteiger partial charge is 0.347 e. The monoisotopic (exact) mass is 241 g/mol. The zero-order valence-electron chi connectivity index (χ0n) is 9.46. The lowest BCUT2D eigenvalue weighted by Gasteiger charge is -2.05. The van der Waals surface area contributed by atoms with Crippen LogP contribution in [0.3, 0.4) is 0 Å². The fourth-order valence-electron chi connectivity index (χ4n) is 0.994. The van der Waals surface area contributed by atoms with Crippen LogP contribution in [0.2, 0.25) is 0 Å². The highest BCUT2D eigenvalue weighted by Crippen LogP contribution is 2.09. The molecule has 0 rings (SSSR count). The molecule has 0 aromatic heterocycles. The Morgan fingerprint density at radius 3 is 2.06 bits per heavy atom. The van der Waals surface area contributed by atoms with Gasteiger partial charge in [0.25, 0.3) is 5.71 Å². The molecule has 94 valence electrons. The van der Waals surface area contributed by atoms with Gasteiger partial charge >= 0.3 is 12.4 Å². The predicted octanol–water partition coefficient (Wildman–Crippen LogP) is -2.33. The van der Waals surface area contributed by atoms with Gasteiger partial charge in [0, 0.05) is 0 Å². The fourth-order valence-corrected chi connectivity index (χ4v) is 0.994. The third-order valence-corrected chi connectivity index (χ3v) is 1.61. The molecule has 7 heteroatoms. The number of rotatable bonds is 4. The van der Waals surface area contributed by atoms with Crippen LogP contribution in [-0.2, 0) is 14.3 Å². The molecule has 0 aromatic rings. The molecule has 0 aliphatic carbocycles. The fraction of sp³-hybridized carbons (Fsp3) is 0.556. The van der Waals surface area contributed by atoms with Crippen molar-refractivity contribution >= 4 is 11.7 Å². The highest BCUT2D eigenvalue weighted by atomic mass is 19.3. The first-order chi connectivity index (χ1) is 6.95. The molecule has 0 saturated heterocycles. The zero-order valence-corrected chi connectivity index (χ0v) is 9.46. The molecule has 16 heavy (non-hydrogen) atoms. The van der Waals surface area contributed by atoms with Crippen LogP contribution < -0.4 is 4.70 Å². The summed E-state index contributed by atoms with van der Waals surface area (Å²) in [5.74, 6) is -0.860. The molecule has 0 fully saturated rings. The van der Waals surface area contributed by atoms with E-state index in [0.29, 0.717) is 0 Å². The molecule has 0 heterocycles. The molecule has 0 saturated carbocycles. The Hall–Kier alpha value is -1.53. The third kappa shape index (κ3) is 4.33. The lowest BCUT2D eigenvalue weighted by molar-refractivity contribution is -0.467. The van der Waals surface area contributed by atoms with Crippen LogP contribution in [0, 0.1) is 0 Å². The summed E-state index contributed by atoms with van der Waals surface area (Å²) in [6.45, 7) is 0. The molecule has 0 bridgehead atoms. The van der Waals surface area contributed by atoms with E-state index in [4.69, 9.17) is 0 Å². The van der Waals surface area contributed by atoms with Crippen LogP contribution in [0.5, 0.6) is 0 Å². The molecule has 0 spiro atoms. The molecule has 0 aliphatic rings.